The Labute approximate surface area is 135 Å². The van der Waals surface area contributed by atoms with Gasteiger partial charge in [-0.05, 0) is 54.4 Å². The Morgan fingerprint density at radius 2 is 2.30 bits per heavy atom. The molecule has 0 saturated carbocycles. The Hall–Kier alpha value is -0.000000000000000111. The summed E-state index contributed by atoms with van der Waals surface area (Å²) in [5, 5.41) is 9.04. The lowest BCUT2D eigenvalue weighted by atomic mass is 10.0. The average Bonchev–Trinajstić information content (AvgIpc) is 2.70. The van der Waals surface area contributed by atoms with Crippen LogP contribution >= 0.6 is 27.7 Å². The normalized spacial score (nSPS) is 21.1. The maximum Gasteiger partial charge on any atom is 0.0738 e. The molecule has 2 heterocycles. The summed E-state index contributed by atoms with van der Waals surface area (Å²) in [4.78, 5) is 0. The van der Waals surface area contributed by atoms with Crippen molar-refractivity contribution >= 4 is 27.7 Å². The molecule has 2 unspecified atom stereocenters. The maximum absolute atomic E-state index is 4.52. The lowest BCUT2D eigenvalue weighted by Gasteiger charge is -2.31. The van der Waals surface area contributed by atoms with E-state index in [9.17, 15) is 0 Å². The summed E-state index contributed by atoms with van der Waals surface area (Å²) in [6, 6.07) is 0.561. The van der Waals surface area contributed by atoms with E-state index in [0.29, 0.717) is 6.04 Å². The maximum atomic E-state index is 4.52. The number of hydrogen-bond donors (Lipinski definition) is 1. The van der Waals surface area contributed by atoms with Gasteiger partial charge in [-0.3, -0.25) is 4.68 Å². The number of hydrogen-bond acceptors (Lipinski definition) is 3. The lowest BCUT2D eigenvalue weighted by Crippen LogP contribution is -2.42. The average molecular weight is 360 g/mol. The van der Waals surface area contributed by atoms with Crippen molar-refractivity contribution in [1.29, 1.82) is 0 Å². The highest BCUT2D eigenvalue weighted by atomic mass is 79.9. The predicted octanol–water partition coefficient (Wildman–Crippen LogP) is 3.69. The molecule has 2 atom stereocenters. The summed E-state index contributed by atoms with van der Waals surface area (Å²) < 4.78 is 3.22. The smallest absolute Gasteiger partial charge is 0.0738 e. The van der Waals surface area contributed by atoms with E-state index in [0.717, 1.165) is 23.9 Å². The van der Waals surface area contributed by atoms with Gasteiger partial charge < -0.3 is 5.32 Å². The van der Waals surface area contributed by atoms with Crippen molar-refractivity contribution in [3.05, 3.63) is 15.9 Å². The highest BCUT2D eigenvalue weighted by Crippen LogP contribution is 2.30. The van der Waals surface area contributed by atoms with E-state index in [2.05, 4.69) is 59.0 Å². The van der Waals surface area contributed by atoms with Crippen LogP contribution in [-0.2, 0) is 13.5 Å². The Kier molecular flexibility index (Phi) is 6.43. The van der Waals surface area contributed by atoms with E-state index >= 15 is 0 Å². The highest BCUT2D eigenvalue weighted by Gasteiger charge is 2.26. The van der Waals surface area contributed by atoms with Crippen molar-refractivity contribution in [1.82, 2.24) is 15.1 Å². The third-order valence-corrected chi connectivity index (χ3v) is 6.54. The molecule has 1 N–H and O–H groups in total. The molecule has 20 heavy (non-hydrogen) atoms. The first kappa shape index (κ1) is 16.4. The van der Waals surface area contributed by atoms with Gasteiger partial charge in [0.05, 0.1) is 15.9 Å². The number of aromatic nitrogens is 2. The monoisotopic (exact) mass is 359 g/mol. The van der Waals surface area contributed by atoms with Crippen LogP contribution < -0.4 is 5.32 Å². The second kappa shape index (κ2) is 7.85. The Balaban J connectivity index is 2.09. The largest absolute Gasteiger partial charge is 0.312 e. The molecule has 1 aliphatic heterocycles. The van der Waals surface area contributed by atoms with Crippen molar-refractivity contribution in [2.75, 3.05) is 12.3 Å². The van der Waals surface area contributed by atoms with Crippen LogP contribution in [0.1, 0.15) is 44.0 Å². The SMILES string of the molecule is CCCNC(Cc1c(Br)c(C)nn1C)C1CCCCS1. The molecular weight excluding hydrogens is 334 g/mol. The standard InChI is InChI=1S/C15H26BrN3S/c1-4-8-17-12(14-7-5-6-9-20-14)10-13-15(16)11(2)18-19(13)3/h12,14,17H,4-10H2,1-3H3. The third kappa shape index (κ3) is 4.01. The number of halogens is 1. The molecule has 1 aromatic rings. The van der Waals surface area contributed by atoms with Gasteiger partial charge in [-0.1, -0.05) is 13.3 Å². The van der Waals surface area contributed by atoms with Crippen LogP contribution in [0, 0.1) is 6.92 Å². The summed E-state index contributed by atoms with van der Waals surface area (Å²) in [6.45, 7) is 5.41. The van der Waals surface area contributed by atoms with E-state index in [-0.39, 0.29) is 0 Å². The quantitative estimate of drug-likeness (QED) is 0.839. The zero-order chi connectivity index (χ0) is 14.5. The molecule has 5 heteroatoms. The topological polar surface area (TPSA) is 29.9 Å². The molecule has 0 bridgehead atoms. The molecule has 1 aliphatic rings. The summed E-state index contributed by atoms with van der Waals surface area (Å²) in [5.74, 6) is 1.32. The molecule has 1 saturated heterocycles. The summed E-state index contributed by atoms with van der Waals surface area (Å²) in [5.41, 5.74) is 2.41. The fourth-order valence-electron chi connectivity index (χ4n) is 2.86. The van der Waals surface area contributed by atoms with Gasteiger partial charge in [-0.25, -0.2) is 0 Å². The fourth-order valence-corrected chi connectivity index (χ4v) is 4.79. The minimum atomic E-state index is 0.561. The van der Waals surface area contributed by atoms with E-state index in [1.165, 1.54) is 41.6 Å². The summed E-state index contributed by atoms with van der Waals surface area (Å²) in [6.07, 6.45) is 6.37. The van der Waals surface area contributed by atoms with Crippen LogP contribution in [0.3, 0.4) is 0 Å². The van der Waals surface area contributed by atoms with Crippen molar-refractivity contribution in [3.63, 3.8) is 0 Å². The molecule has 1 aromatic heterocycles. The van der Waals surface area contributed by atoms with Crippen LogP contribution in [0.2, 0.25) is 0 Å². The van der Waals surface area contributed by atoms with E-state index in [1.807, 2.05) is 4.68 Å². The Bertz CT molecular complexity index is 427. The first-order valence-corrected chi connectivity index (χ1v) is 9.50. The van der Waals surface area contributed by atoms with Gasteiger partial charge in [0.15, 0.2) is 0 Å². The first-order chi connectivity index (χ1) is 9.63. The third-order valence-electron chi connectivity index (χ3n) is 4.00. The fraction of sp³-hybridized carbons (Fsp3) is 0.800. The predicted molar refractivity (Wildman–Crippen MR) is 91.5 cm³/mol. The molecule has 0 spiro atoms. The van der Waals surface area contributed by atoms with E-state index < -0.39 is 0 Å². The van der Waals surface area contributed by atoms with Crippen molar-refractivity contribution in [2.24, 2.45) is 7.05 Å². The molecule has 3 nitrogen and oxygen atoms in total. The van der Waals surface area contributed by atoms with Crippen LogP contribution in [0.4, 0.5) is 0 Å². The van der Waals surface area contributed by atoms with Crippen molar-refractivity contribution < 1.29 is 0 Å². The summed E-state index contributed by atoms with van der Waals surface area (Å²) in [7, 11) is 2.05. The van der Waals surface area contributed by atoms with E-state index in [1.54, 1.807) is 0 Å². The van der Waals surface area contributed by atoms with E-state index in [4.69, 9.17) is 0 Å². The van der Waals surface area contributed by atoms with Gasteiger partial charge >= 0.3 is 0 Å². The van der Waals surface area contributed by atoms with Gasteiger partial charge in [-0.2, -0.15) is 16.9 Å². The number of rotatable bonds is 6. The molecule has 114 valence electrons. The number of nitrogens with zero attached hydrogens (tertiary/aromatic N) is 2. The molecule has 0 aliphatic carbocycles. The second-order valence-electron chi connectivity index (χ2n) is 5.64. The lowest BCUT2D eigenvalue weighted by molar-refractivity contribution is 0.451. The van der Waals surface area contributed by atoms with Gasteiger partial charge in [-0.15, -0.1) is 0 Å². The second-order valence-corrected chi connectivity index (χ2v) is 7.78. The molecule has 1 fully saturated rings. The highest BCUT2D eigenvalue weighted by molar-refractivity contribution is 9.10. The Morgan fingerprint density at radius 3 is 2.85 bits per heavy atom. The number of thioether (sulfide) groups is 1. The van der Waals surface area contributed by atoms with Crippen molar-refractivity contribution in [3.8, 4) is 0 Å². The first-order valence-electron chi connectivity index (χ1n) is 7.66. The van der Waals surface area contributed by atoms with Crippen LogP contribution in [0.25, 0.3) is 0 Å². The van der Waals surface area contributed by atoms with Crippen LogP contribution in [0.15, 0.2) is 4.47 Å². The number of nitrogens with one attached hydrogen (secondary N) is 1. The minimum Gasteiger partial charge on any atom is -0.312 e. The van der Waals surface area contributed by atoms with Crippen LogP contribution in [0.5, 0.6) is 0 Å². The molecule has 0 amide bonds. The van der Waals surface area contributed by atoms with Gasteiger partial charge in [0.1, 0.15) is 0 Å². The molecule has 2 rings (SSSR count). The van der Waals surface area contributed by atoms with Gasteiger partial charge in [0.2, 0.25) is 0 Å². The molecule has 0 aromatic carbocycles. The van der Waals surface area contributed by atoms with Crippen molar-refractivity contribution in [2.45, 2.75) is 57.2 Å². The molecule has 0 radical (unpaired) electrons. The summed E-state index contributed by atoms with van der Waals surface area (Å²) >= 11 is 5.86. The van der Waals surface area contributed by atoms with Crippen LogP contribution in [-0.4, -0.2) is 33.4 Å². The zero-order valence-electron chi connectivity index (χ0n) is 12.8. The zero-order valence-corrected chi connectivity index (χ0v) is 15.2. The minimum absolute atomic E-state index is 0.561. The number of aryl methyl sites for hydroxylation is 2. The van der Waals surface area contributed by atoms with Gasteiger partial charge in [0.25, 0.3) is 0 Å². The van der Waals surface area contributed by atoms with Gasteiger partial charge in [0, 0.05) is 24.8 Å². The Morgan fingerprint density at radius 1 is 1.50 bits per heavy atom. The molecular formula is C15H26BrN3S.